The Morgan fingerprint density at radius 3 is 2.77 bits per heavy atom. The zero-order valence-corrected chi connectivity index (χ0v) is 14.8. The Kier molecular flexibility index (Phi) is 4.11. The molecule has 1 N–H and O–H groups in total. The van der Waals surface area contributed by atoms with Crippen LogP contribution in [0.2, 0.25) is 0 Å². The number of H-pyrrole nitrogens is 1. The molecule has 1 aromatic rings. The lowest BCUT2D eigenvalue weighted by Crippen LogP contribution is -2.57. The molecule has 2 atom stereocenters. The van der Waals surface area contributed by atoms with Crippen LogP contribution in [0, 0.1) is 12.8 Å². The summed E-state index contributed by atoms with van der Waals surface area (Å²) in [6.07, 6.45) is 4.55. The highest BCUT2D eigenvalue weighted by Gasteiger charge is 2.47. The van der Waals surface area contributed by atoms with Crippen molar-refractivity contribution in [1.82, 2.24) is 14.9 Å². The lowest BCUT2D eigenvalue weighted by atomic mass is 9.74. The summed E-state index contributed by atoms with van der Waals surface area (Å²) in [5.74, 6) is 1.76. The molecule has 0 spiro atoms. The normalized spacial score (nSPS) is 32.0. The number of nitrogens with one attached hydrogen (secondary N) is 1. The molecular formula is C18H31N3O. The molecule has 4 nitrogen and oxygen atoms in total. The molecule has 3 heterocycles. The van der Waals surface area contributed by atoms with Crippen molar-refractivity contribution in [3.63, 3.8) is 0 Å². The average Bonchev–Trinajstić information content (AvgIpc) is 2.79. The molecule has 0 amide bonds. The molecule has 1 aromatic heterocycles. The first-order valence-corrected chi connectivity index (χ1v) is 8.78. The number of likely N-dealkylation sites (tertiary alicyclic amines) is 1. The van der Waals surface area contributed by atoms with E-state index in [1.807, 2.05) is 0 Å². The average molecular weight is 305 g/mol. The van der Waals surface area contributed by atoms with Crippen LogP contribution in [0.1, 0.15) is 64.2 Å². The molecule has 0 unspecified atom stereocenters. The Hall–Kier alpha value is -0.870. The summed E-state index contributed by atoms with van der Waals surface area (Å²) < 4.78 is 6.46. The molecule has 0 aliphatic carbocycles. The van der Waals surface area contributed by atoms with Gasteiger partial charge in [0.2, 0.25) is 0 Å². The summed E-state index contributed by atoms with van der Waals surface area (Å²) in [7, 11) is 0. The van der Waals surface area contributed by atoms with Crippen LogP contribution in [0.4, 0.5) is 0 Å². The molecule has 2 fully saturated rings. The number of aromatic amines is 1. The van der Waals surface area contributed by atoms with Crippen LogP contribution in [0.3, 0.4) is 0 Å². The lowest BCUT2D eigenvalue weighted by molar-refractivity contribution is -0.214. The van der Waals surface area contributed by atoms with Crippen molar-refractivity contribution in [1.29, 1.82) is 0 Å². The Balaban J connectivity index is 1.66. The van der Waals surface area contributed by atoms with E-state index in [1.165, 1.54) is 24.2 Å². The second-order valence-electron chi connectivity index (χ2n) is 8.00. The van der Waals surface area contributed by atoms with Crippen LogP contribution in [-0.4, -0.2) is 39.2 Å². The molecule has 2 saturated heterocycles. The third kappa shape index (κ3) is 3.09. The van der Waals surface area contributed by atoms with Crippen LogP contribution < -0.4 is 0 Å². The Morgan fingerprint density at radius 1 is 1.32 bits per heavy atom. The summed E-state index contributed by atoms with van der Waals surface area (Å²) in [5.41, 5.74) is 2.55. The Morgan fingerprint density at radius 2 is 2.09 bits per heavy atom. The zero-order chi connectivity index (χ0) is 16.0. The largest absolute Gasteiger partial charge is 0.369 e. The van der Waals surface area contributed by atoms with Gasteiger partial charge in [0.1, 0.15) is 5.82 Å². The van der Waals surface area contributed by atoms with E-state index in [0.29, 0.717) is 5.92 Å². The Labute approximate surface area is 134 Å². The van der Waals surface area contributed by atoms with E-state index >= 15 is 0 Å². The van der Waals surface area contributed by atoms with Gasteiger partial charge in [0.15, 0.2) is 0 Å². The standard InChI is InChI=1S/C18H31N3O/c1-6-16-19-13(2)15(20-16)12-21-10-9-18(5)14(11-21)7-8-17(3,4)22-18/h14H,6-12H2,1-5H3,(H,19,20)/t14-,18+/m0/s1. The number of fused-ring (bicyclic) bond motifs is 1. The van der Waals surface area contributed by atoms with Crippen LogP contribution in [0.5, 0.6) is 0 Å². The smallest absolute Gasteiger partial charge is 0.106 e. The molecule has 3 rings (SSSR count). The van der Waals surface area contributed by atoms with Gasteiger partial charge < -0.3 is 9.72 Å². The maximum absolute atomic E-state index is 6.46. The zero-order valence-electron chi connectivity index (χ0n) is 14.8. The number of piperidine rings is 1. The van der Waals surface area contributed by atoms with Gasteiger partial charge in [-0.15, -0.1) is 0 Å². The van der Waals surface area contributed by atoms with Gasteiger partial charge in [0.05, 0.1) is 16.9 Å². The molecular weight excluding hydrogens is 274 g/mol. The van der Waals surface area contributed by atoms with Gasteiger partial charge in [-0.3, -0.25) is 4.90 Å². The van der Waals surface area contributed by atoms with E-state index < -0.39 is 0 Å². The number of ether oxygens (including phenoxy) is 1. The first-order valence-electron chi connectivity index (χ1n) is 8.78. The van der Waals surface area contributed by atoms with Gasteiger partial charge in [-0.1, -0.05) is 6.92 Å². The van der Waals surface area contributed by atoms with Crippen molar-refractivity contribution in [3.05, 3.63) is 17.2 Å². The Bertz CT molecular complexity index is 536. The fourth-order valence-corrected chi connectivity index (χ4v) is 4.16. The fraction of sp³-hybridized carbons (Fsp3) is 0.833. The molecule has 22 heavy (non-hydrogen) atoms. The van der Waals surface area contributed by atoms with E-state index in [9.17, 15) is 0 Å². The molecule has 2 aliphatic rings. The molecule has 0 saturated carbocycles. The topological polar surface area (TPSA) is 41.2 Å². The van der Waals surface area contributed by atoms with Crippen molar-refractivity contribution in [2.24, 2.45) is 5.92 Å². The lowest BCUT2D eigenvalue weighted by Gasteiger charge is -2.53. The number of aryl methyl sites for hydroxylation is 2. The van der Waals surface area contributed by atoms with E-state index in [1.54, 1.807) is 0 Å². The van der Waals surface area contributed by atoms with Crippen LogP contribution in [0.15, 0.2) is 0 Å². The number of imidazole rings is 1. The molecule has 4 heteroatoms. The van der Waals surface area contributed by atoms with Gasteiger partial charge in [-0.05, 0) is 47.0 Å². The van der Waals surface area contributed by atoms with Crippen molar-refractivity contribution in [2.45, 2.75) is 78.0 Å². The number of hydrogen-bond acceptors (Lipinski definition) is 3. The molecule has 0 aromatic carbocycles. The number of aromatic nitrogens is 2. The molecule has 124 valence electrons. The minimum Gasteiger partial charge on any atom is -0.369 e. The predicted molar refractivity (Wildman–Crippen MR) is 88.9 cm³/mol. The quantitative estimate of drug-likeness (QED) is 0.930. The van der Waals surface area contributed by atoms with Crippen molar-refractivity contribution in [2.75, 3.05) is 13.1 Å². The predicted octanol–water partition coefficient (Wildman–Crippen LogP) is 3.45. The minimum absolute atomic E-state index is 0.0439. The molecule has 0 bridgehead atoms. The number of rotatable bonds is 3. The first kappa shape index (κ1) is 16.0. The van der Waals surface area contributed by atoms with Crippen LogP contribution in [0.25, 0.3) is 0 Å². The summed E-state index contributed by atoms with van der Waals surface area (Å²) in [5, 5.41) is 0. The highest BCUT2D eigenvalue weighted by atomic mass is 16.5. The minimum atomic E-state index is 0.0439. The summed E-state index contributed by atoms with van der Waals surface area (Å²) in [6.45, 7) is 14.3. The fourth-order valence-electron chi connectivity index (χ4n) is 4.16. The third-order valence-electron chi connectivity index (χ3n) is 5.61. The number of nitrogens with zero attached hydrogens (tertiary/aromatic N) is 2. The van der Waals surface area contributed by atoms with Crippen molar-refractivity contribution in [3.8, 4) is 0 Å². The van der Waals surface area contributed by atoms with E-state index in [-0.39, 0.29) is 11.2 Å². The van der Waals surface area contributed by atoms with Gasteiger partial charge in [-0.2, -0.15) is 0 Å². The van der Waals surface area contributed by atoms with Crippen molar-refractivity contribution < 1.29 is 4.74 Å². The molecule has 2 aliphatic heterocycles. The van der Waals surface area contributed by atoms with Crippen molar-refractivity contribution >= 4 is 0 Å². The monoisotopic (exact) mass is 305 g/mol. The van der Waals surface area contributed by atoms with Gasteiger partial charge >= 0.3 is 0 Å². The highest BCUT2D eigenvalue weighted by Crippen LogP contribution is 2.44. The van der Waals surface area contributed by atoms with E-state index in [2.05, 4.69) is 44.5 Å². The maximum atomic E-state index is 6.46. The SMILES string of the molecule is CCc1nc(CN2CC[C@@]3(C)OC(C)(C)CC[C@H]3C2)c(C)[nH]1. The summed E-state index contributed by atoms with van der Waals surface area (Å²) >= 11 is 0. The van der Waals surface area contributed by atoms with Crippen LogP contribution >= 0.6 is 0 Å². The highest BCUT2D eigenvalue weighted by molar-refractivity contribution is 5.13. The second kappa shape index (κ2) is 5.64. The molecule has 0 radical (unpaired) electrons. The maximum Gasteiger partial charge on any atom is 0.106 e. The van der Waals surface area contributed by atoms with Gasteiger partial charge in [0.25, 0.3) is 0 Å². The summed E-state index contributed by atoms with van der Waals surface area (Å²) in [6, 6.07) is 0. The van der Waals surface area contributed by atoms with Gasteiger partial charge in [0, 0.05) is 37.7 Å². The van der Waals surface area contributed by atoms with E-state index in [4.69, 9.17) is 9.72 Å². The number of hydrogen-bond donors (Lipinski definition) is 1. The van der Waals surface area contributed by atoms with E-state index in [0.717, 1.165) is 38.3 Å². The first-order chi connectivity index (χ1) is 10.3. The van der Waals surface area contributed by atoms with Gasteiger partial charge in [-0.25, -0.2) is 4.98 Å². The second-order valence-corrected chi connectivity index (χ2v) is 8.00. The third-order valence-corrected chi connectivity index (χ3v) is 5.61. The van der Waals surface area contributed by atoms with Crippen LogP contribution in [-0.2, 0) is 17.7 Å². The summed E-state index contributed by atoms with van der Waals surface area (Å²) in [4.78, 5) is 10.7.